The van der Waals surface area contributed by atoms with Gasteiger partial charge in [-0.05, 0) is 24.4 Å². The zero-order valence-corrected chi connectivity index (χ0v) is 16.9. The average molecular weight is 427 g/mol. The van der Waals surface area contributed by atoms with E-state index >= 15 is 0 Å². The lowest BCUT2D eigenvalue weighted by molar-refractivity contribution is -0.121. The zero-order valence-electron chi connectivity index (χ0n) is 15.2. The van der Waals surface area contributed by atoms with E-state index < -0.39 is 10.0 Å². The maximum absolute atomic E-state index is 12.5. The predicted octanol–water partition coefficient (Wildman–Crippen LogP) is 0.227. The first kappa shape index (κ1) is 20.6. The summed E-state index contributed by atoms with van der Waals surface area (Å²) in [6.07, 6.45) is 0.0212. The molecule has 0 unspecified atom stereocenters. The molecule has 11 heteroatoms. The van der Waals surface area contributed by atoms with Crippen LogP contribution in [0.3, 0.4) is 0 Å². The fraction of sp³-hybridized carbons (Fsp3) is 0.471. The first-order valence-corrected chi connectivity index (χ1v) is 10.9. The van der Waals surface area contributed by atoms with Crippen molar-refractivity contribution < 1.29 is 17.9 Å². The largest absolute Gasteiger partial charge is 0.379 e. The molecule has 1 saturated heterocycles. The number of hydrogen-bond acceptors (Lipinski definition) is 6. The Balaban J connectivity index is 1.54. The molecule has 1 amide bonds. The highest BCUT2D eigenvalue weighted by molar-refractivity contribution is 7.89. The molecule has 2 aromatic rings. The van der Waals surface area contributed by atoms with Crippen molar-refractivity contribution >= 4 is 39.1 Å². The molecule has 152 valence electrons. The summed E-state index contributed by atoms with van der Waals surface area (Å²) in [5.74, 6) is -0.513. The summed E-state index contributed by atoms with van der Waals surface area (Å²) in [4.78, 5) is 27.6. The van der Waals surface area contributed by atoms with Crippen molar-refractivity contribution in [2.45, 2.75) is 13.0 Å². The number of nitrogens with zero attached hydrogens (tertiary/aromatic N) is 2. The van der Waals surface area contributed by atoms with E-state index in [0.717, 1.165) is 0 Å². The van der Waals surface area contributed by atoms with Crippen molar-refractivity contribution in [1.82, 2.24) is 19.2 Å². The summed E-state index contributed by atoms with van der Waals surface area (Å²) in [6.45, 7) is 1.55. The summed E-state index contributed by atoms with van der Waals surface area (Å²) in [5, 5.41) is 3.08. The fourth-order valence-electron chi connectivity index (χ4n) is 2.98. The number of morpholine rings is 1. The first-order valence-electron chi connectivity index (χ1n) is 8.92. The second-order valence-electron chi connectivity index (χ2n) is 6.36. The Morgan fingerprint density at radius 1 is 1.25 bits per heavy atom. The quantitative estimate of drug-likeness (QED) is 0.613. The number of fused-ring (bicyclic) bond motifs is 1. The number of nitrogens with one attached hydrogen (secondary N) is 2. The predicted molar refractivity (Wildman–Crippen MR) is 107 cm³/mol. The highest BCUT2D eigenvalue weighted by Gasteiger charge is 2.23. The Morgan fingerprint density at radius 3 is 2.71 bits per heavy atom. The Hall–Kier alpha value is -2.08. The molecular formula is C17H22N4O5S2. The SMILES string of the molecule is O=C(CCn1c(=S)[nH]c2ccccc2c1=O)NCCS(=O)(=O)N1CCOCC1. The van der Waals surface area contributed by atoms with Crippen molar-refractivity contribution in [3.63, 3.8) is 0 Å². The third-order valence-electron chi connectivity index (χ3n) is 4.50. The number of carbonyl (C=O) groups is 1. The molecule has 1 aromatic heterocycles. The topological polar surface area (TPSA) is 114 Å². The Labute approximate surface area is 167 Å². The third kappa shape index (κ3) is 4.85. The lowest BCUT2D eigenvalue weighted by Crippen LogP contribution is -2.43. The van der Waals surface area contributed by atoms with Gasteiger partial charge in [0.25, 0.3) is 5.56 Å². The van der Waals surface area contributed by atoms with Crippen LogP contribution < -0.4 is 10.9 Å². The smallest absolute Gasteiger partial charge is 0.262 e. The van der Waals surface area contributed by atoms with Gasteiger partial charge in [0.15, 0.2) is 4.77 Å². The molecule has 0 saturated carbocycles. The van der Waals surface area contributed by atoms with Gasteiger partial charge in [0.2, 0.25) is 15.9 Å². The zero-order chi connectivity index (χ0) is 20.1. The van der Waals surface area contributed by atoms with Crippen LogP contribution in [0.15, 0.2) is 29.1 Å². The number of H-pyrrole nitrogens is 1. The van der Waals surface area contributed by atoms with E-state index in [4.69, 9.17) is 17.0 Å². The van der Waals surface area contributed by atoms with Crippen LogP contribution in [-0.2, 0) is 26.1 Å². The fourth-order valence-corrected chi connectivity index (χ4v) is 4.58. The molecule has 3 rings (SSSR count). The van der Waals surface area contributed by atoms with E-state index in [-0.39, 0.29) is 41.5 Å². The molecule has 0 aliphatic carbocycles. The summed E-state index contributed by atoms with van der Waals surface area (Å²) in [7, 11) is -3.42. The standard InChI is InChI=1S/C17H22N4O5S2/c22-15(18-6-12-28(24,25)20-8-10-26-11-9-20)5-7-21-16(23)13-3-1-2-4-14(13)19-17(21)27/h1-4H,5-12H2,(H,18,22)(H,19,27). The second kappa shape index (κ2) is 8.95. The maximum Gasteiger partial charge on any atom is 0.262 e. The van der Waals surface area contributed by atoms with Gasteiger partial charge in [0.05, 0.1) is 29.9 Å². The first-order chi connectivity index (χ1) is 13.4. The van der Waals surface area contributed by atoms with Crippen LogP contribution in [0.1, 0.15) is 6.42 Å². The van der Waals surface area contributed by atoms with Crippen LogP contribution in [-0.4, -0.2) is 66.8 Å². The Morgan fingerprint density at radius 2 is 1.96 bits per heavy atom. The average Bonchev–Trinajstić information content (AvgIpc) is 2.68. The number of aromatic nitrogens is 2. The minimum atomic E-state index is -3.42. The molecule has 1 fully saturated rings. The Kier molecular flexibility index (Phi) is 6.60. The van der Waals surface area contributed by atoms with Gasteiger partial charge in [-0.1, -0.05) is 12.1 Å². The number of sulfonamides is 1. The number of hydrogen-bond donors (Lipinski definition) is 2. The van der Waals surface area contributed by atoms with Gasteiger partial charge in [0, 0.05) is 32.6 Å². The molecule has 1 aliphatic heterocycles. The van der Waals surface area contributed by atoms with Gasteiger partial charge in [0.1, 0.15) is 0 Å². The molecule has 1 aromatic carbocycles. The summed E-state index contributed by atoms with van der Waals surface area (Å²) < 4.78 is 32.5. The molecule has 0 atom stereocenters. The number of aromatic amines is 1. The van der Waals surface area contributed by atoms with Crippen molar-refractivity contribution in [3.05, 3.63) is 39.4 Å². The molecule has 2 heterocycles. The van der Waals surface area contributed by atoms with E-state index in [9.17, 15) is 18.0 Å². The molecule has 1 aliphatic rings. The van der Waals surface area contributed by atoms with Crippen molar-refractivity contribution in [1.29, 1.82) is 0 Å². The highest BCUT2D eigenvalue weighted by atomic mass is 32.2. The minimum Gasteiger partial charge on any atom is -0.379 e. The molecule has 28 heavy (non-hydrogen) atoms. The summed E-state index contributed by atoms with van der Waals surface area (Å²) >= 11 is 5.21. The van der Waals surface area contributed by atoms with Gasteiger partial charge < -0.3 is 15.0 Å². The van der Waals surface area contributed by atoms with E-state index in [1.54, 1.807) is 24.3 Å². The van der Waals surface area contributed by atoms with E-state index in [0.29, 0.717) is 37.2 Å². The second-order valence-corrected chi connectivity index (χ2v) is 8.84. The molecule has 9 nitrogen and oxygen atoms in total. The van der Waals surface area contributed by atoms with Crippen molar-refractivity contribution in [3.8, 4) is 0 Å². The number of rotatable bonds is 7. The van der Waals surface area contributed by atoms with Crippen LogP contribution >= 0.6 is 12.2 Å². The van der Waals surface area contributed by atoms with Crippen molar-refractivity contribution in [2.24, 2.45) is 0 Å². The van der Waals surface area contributed by atoms with Gasteiger partial charge >= 0.3 is 0 Å². The van der Waals surface area contributed by atoms with Gasteiger partial charge in [-0.2, -0.15) is 4.31 Å². The van der Waals surface area contributed by atoms with Crippen molar-refractivity contribution in [2.75, 3.05) is 38.6 Å². The normalized spacial score (nSPS) is 15.6. The number of benzene rings is 1. The molecule has 0 radical (unpaired) electrons. The summed E-state index contributed by atoms with van der Waals surface area (Å²) in [6, 6.07) is 7.01. The number of ether oxygens (including phenoxy) is 1. The van der Waals surface area contributed by atoms with Crippen LogP contribution in [0.2, 0.25) is 0 Å². The molecule has 0 bridgehead atoms. The van der Waals surface area contributed by atoms with Gasteiger partial charge in [-0.15, -0.1) is 0 Å². The number of para-hydroxylation sites is 1. The maximum atomic E-state index is 12.5. The van der Waals surface area contributed by atoms with E-state index in [2.05, 4.69) is 10.3 Å². The molecular weight excluding hydrogens is 404 g/mol. The van der Waals surface area contributed by atoms with Gasteiger partial charge in [-0.25, -0.2) is 8.42 Å². The lowest BCUT2D eigenvalue weighted by atomic mass is 10.2. The van der Waals surface area contributed by atoms with Crippen LogP contribution in [0.5, 0.6) is 0 Å². The minimum absolute atomic E-state index is 0.0119. The molecule has 0 spiro atoms. The lowest BCUT2D eigenvalue weighted by Gasteiger charge is -2.26. The van der Waals surface area contributed by atoms with E-state index in [1.807, 2.05) is 0 Å². The van der Waals surface area contributed by atoms with E-state index in [1.165, 1.54) is 8.87 Å². The van der Waals surface area contributed by atoms with Crippen LogP contribution in [0, 0.1) is 4.77 Å². The highest BCUT2D eigenvalue weighted by Crippen LogP contribution is 2.07. The third-order valence-corrected chi connectivity index (χ3v) is 6.69. The van der Waals surface area contributed by atoms with Gasteiger partial charge in [-0.3, -0.25) is 14.2 Å². The van der Waals surface area contributed by atoms with Crippen LogP contribution in [0.4, 0.5) is 0 Å². The monoisotopic (exact) mass is 426 g/mol. The molecule has 2 N–H and O–H groups in total. The number of carbonyl (C=O) groups excluding carboxylic acids is 1. The Bertz CT molecular complexity index is 1070. The summed E-state index contributed by atoms with van der Waals surface area (Å²) in [5.41, 5.74) is 0.383. The van der Waals surface area contributed by atoms with Crippen LogP contribution in [0.25, 0.3) is 10.9 Å². The number of amides is 1.